The molecule has 3 N–H and O–H groups in total. The second-order valence-corrected chi connectivity index (χ2v) is 8.58. The van der Waals surface area contributed by atoms with Crippen LogP contribution in [0.2, 0.25) is 0 Å². The van der Waals surface area contributed by atoms with Crippen molar-refractivity contribution in [1.82, 2.24) is 15.4 Å². The number of nitrogens with two attached hydrogens (primary N) is 1. The van der Waals surface area contributed by atoms with Crippen molar-refractivity contribution >= 4 is 11.8 Å². The summed E-state index contributed by atoms with van der Waals surface area (Å²) in [5, 5.41) is 6.98. The third kappa shape index (κ3) is 4.18. The zero-order chi connectivity index (χ0) is 19.0. The number of rotatable bonds is 4. The van der Waals surface area contributed by atoms with E-state index in [4.69, 9.17) is 10.3 Å². The summed E-state index contributed by atoms with van der Waals surface area (Å²) >= 11 is 0. The van der Waals surface area contributed by atoms with Crippen LogP contribution in [-0.2, 0) is 4.79 Å². The van der Waals surface area contributed by atoms with E-state index >= 15 is 0 Å². The van der Waals surface area contributed by atoms with E-state index in [0.717, 1.165) is 57.1 Å². The highest BCUT2D eigenvalue weighted by Crippen LogP contribution is 2.40. The lowest BCUT2D eigenvalue weighted by molar-refractivity contribution is -0.140. The summed E-state index contributed by atoms with van der Waals surface area (Å²) in [5.74, 6) is 1.48. The molecule has 148 valence electrons. The molecule has 7 heteroatoms. The first-order chi connectivity index (χ1) is 13.0. The highest BCUT2D eigenvalue weighted by Gasteiger charge is 2.35. The highest BCUT2D eigenvalue weighted by atomic mass is 16.5. The Morgan fingerprint density at radius 2 is 1.93 bits per heavy atom. The number of piperidine rings is 1. The molecule has 0 unspecified atom stereocenters. The topological polar surface area (TPSA) is 101 Å². The monoisotopic (exact) mass is 374 g/mol. The van der Waals surface area contributed by atoms with E-state index in [1.807, 2.05) is 4.90 Å². The standard InChI is InChI=1S/C20H30N4O3/c1-12-10-16(22-19(25)17-11-18(27-23-17)13-2-3-13)8-9-24(12)20(26)14-4-6-15(21)7-5-14/h11-16H,2-10,21H2,1H3,(H,22,25)/t12-,14-,15-,16-/m0/s1. The van der Waals surface area contributed by atoms with Crippen molar-refractivity contribution in [3.63, 3.8) is 0 Å². The van der Waals surface area contributed by atoms with Gasteiger partial charge in [-0.2, -0.15) is 0 Å². The number of amides is 2. The molecule has 1 aromatic heterocycles. The van der Waals surface area contributed by atoms with Crippen molar-refractivity contribution in [3.05, 3.63) is 17.5 Å². The van der Waals surface area contributed by atoms with Crippen molar-refractivity contribution in [2.24, 2.45) is 11.7 Å². The van der Waals surface area contributed by atoms with Crippen molar-refractivity contribution in [2.75, 3.05) is 6.54 Å². The molecule has 2 aliphatic carbocycles. The van der Waals surface area contributed by atoms with E-state index < -0.39 is 0 Å². The molecule has 4 rings (SSSR count). The van der Waals surface area contributed by atoms with Crippen LogP contribution in [0.3, 0.4) is 0 Å². The molecule has 3 fully saturated rings. The van der Waals surface area contributed by atoms with E-state index in [1.54, 1.807) is 6.07 Å². The van der Waals surface area contributed by atoms with Crippen molar-refractivity contribution in [2.45, 2.75) is 82.3 Å². The quantitative estimate of drug-likeness (QED) is 0.841. The molecule has 2 amide bonds. The Morgan fingerprint density at radius 1 is 1.19 bits per heavy atom. The third-order valence-corrected chi connectivity index (χ3v) is 6.36. The number of carbonyl (C=O) groups excluding carboxylic acids is 2. The first-order valence-corrected chi connectivity index (χ1v) is 10.3. The van der Waals surface area contributed by atoms with Crippen LogP contribution in [0, 0.1) is 5.92 Å². The normalized spacial score (nSPS) is 31.6. The van der Waals surface area contributed by atoms with Crippen LogP contribution in [0.25, 0.3) is 0 Å². The SMILES string of the molecule is C[C@H]1C[C@@H](NC(=O)c2cc(C3CC3)on2)CCN1C(=O)[C@H]1CC[C@H](N)CC1. The fourth-order valence-corrected chi connectivity index (χ4v) is 4.45. The number of nitrogens with one attached hydrogen (secondary N) is 1. The Hall–Kier alpha value is -1.89. The predicted octanol–water partition coefficient (Wildman–Crippen LogP) is 2.18. The molecule has 27 heavy (non-hydrogen) atoms. The van der Waals surface area contributed by atoms with Gasteiger partial charge in [0.15, 0.2) is 5.69 Å². The van der Waals surface area contributed by atoms with Gasteiger partial charge in [0.2, 0.25) is 5.91 Å². The van der Waals surface area contributed by atoms with Gasteiger partial charge in [-0.3, -0.25) is 9.59 Å². The van der Waals surface area contributed by atoms with Gasteiger partial charge in [0, 0.05) is 42.6 Å². The fourth-order valence-electron chi connectivity index (χ4n) is 4.45. The van der Waals surface area contributed by atoms with Crippen LogP contribution in [0.1, 0.15) is 80.5 Å². The van der Waals surface area contributed by atoms with Gasteiger partial charge in [-0.15, -0.1) is 0 Å². The predicted molar refractivity (Wildman–Crippen MR) is 100 cm³/mol. The molecule has 1 aromatic rings. The van der Waals surface area contributed by atoms with Gasteiger partial charge in [-0.1, -0.05) is 5.16 Å². The molecule has 0 bridgehead atoms. The highest BCUT2D eigenvalue weighted by molar-refractivity contribution is 5.92. The maximum absolute atomic E-state index is 12.9. The van der Waals surface area contributed by atoms with Crippen LogP contribution in [-0.4, -0.2) is 46.5 Å². The summed E-state index contributed by atoms with van der Waals surface area (Å²) in [6.07, 6.45) is 7.48. The van der Waals surface area contributed by atoms with Crippen LogP contribution in [0.5, 0.6) is 0 Å². The molecule has 7 nitrogen and oxygen atoms in total. The zero-order valence-electron chi connectivity index (χ0n) is 16.0. The molecule has 0 spiro atoms. The summed E-state index contributed by atoms with van der Waals surface area (Å²) in [5.41, 5.74) is 6.32. The van der Waals surface area contributed by atoms with Crippen LogP contribution >= 0.6 is 0 Å². The average molecular weight is 374 g/mol. The van der Waals surface area contributed by atoms with E-state index in [2.05, 4.69) is 17.4 Å². The minimum Gasteiger partial charge on any atom is -0.360 e. The van der Waals surface area contributed by atoms with E-state index in [0.29, 0.717) is 18.2 Å². The molecule has 1 saturated heterocycles. The largest absolute Gasteiger partial charge is 0.360 e. The lowest BCUT2D eigenvalue weighted by atomic mass is 9.84. The van der Waals surface area contributed by atoms with E-state index in [1.165, 1.54) is 0 Å². The zero-order valence-corrected chi connectivity index (χ0v) is 16.0. The maximum atomic E-state index is 12.9. The molecule has 3 aliphatic rings. The Balaban J connectivity index is 1.28. The van der Waals surface area contributed by atoms with Gasteiger partial charge in [0.05, 0.1) is 0 Å². The van der Waals surface area contributed by atoms with Gasteiger partial charge in [-0.05, 0) is 58.3 Å². The molecule has 1 aliphatic heterocycles. The molecule has 2 atom stereocenters. The van der Waals surface area contributed by atoms with Crippen LogP contribution in [0.15, 0.2) is 10.6 Å². The maximum Gasteiger partial charge on any atom is 0.273 e. The Morgan fingerprint density at radius 3 is 2.59 bits per heavy atom. The number of hydrogen-bond donors (Lipinski definition) is 2. The third-order valence-electron chi connectivity index (χ3n) is 6.36. The number of carbonyl (C=O) groups is 2. The summed E-state index contributed by atoms with van der Waals surface area (Å²) in [6.45, 7) is 2.77. The number of aromatic nitrogens is 1. The van der Waals surface area contributed by atoms with E-state index in [9.17, 15) is 9.59 Å². The first kappa shape index (κ1) is 18.5. The summed E-state index contributed by atoms with van der Waals surface area (Å²) in [7, 11) is 0. The van der Waals surface area contributed by atoms with Gasteiger partial charge in [0.1, 0.15) is 5.76 Å². The summed E-state index contributed by atoms with van der Waals surface area (Å²) < 4.78 is 5.27. The first-order valence-electron chi connectivity index (χ1n) is 10.3. The molecule has 2 saturated carbocycles. The van der Waals surface area contributed by atoms with Gasteiger partial charge in [0.25, 0.3) is 5.91 Å². The smallest absolute Gasteiger partial charge is 0.273 e. The molecule has 2 heterocycles. The second-order valence-electron chi connectivity index (χ2n) is 8.58. The lowest BCUT2D eigenvalue weighted by Crippen LogP contribution is -2.52. The lowest BCUT2D eigenvalue weighted by Gasteiger charge is -2.40. The molecular formula is C20H30N4O3. The Bertz CT molecular complexity index is 691. The van der Waals surface area contributed by atoms with Crippen molar-refractivity contribution < 1.29 is 14.1 Å². The van der Waals surface area contributed by atoms with Crippen LogP contribution < -0.4 is 11.1 Å². The summed E-state index contributed by atoms with van der Waals surface area (Å²) in [4.78, 5) is 27.3. The fraction of sp³-hybridized carbons (Fsp3) is 0.750. The molecule has 0 aromatic carbocycles. The van der Waals surface area contributed by atoms with E-state index in [-0.39, 0.29) is 35.9 Å². The molecule has 0 radical (unpaired) electrons. The van der Waals surface area contributed by atoms with Gasteiger partial charge < -0.3 is 20.5 Å². The number of nitrogens with zero attached hydrogens (tertiary/aromatic N) is 2. The van der Waals surface area contributed by atoms with Crippen molar-refractivity contribution in [1.29, 1.82) is 0 Å². The minimum absolute atomic E-state index is 0.0670. The minimum atomic E-state index is -0.177. The second kappa shape index (κ2) is 7.62. The Kier molecular flexibility index (Phi) is 5.21. The number of likely N-dealkylation sites (tertiary alicyclic amines) is 1. The average Bonchev–Trinajstić information content (AvgIpc) is 3.38. The van der Waals surface area contributed by atoms with Crippen molar-refractivity contribution in [3.8, 4) is 0 Å². The Labute approximate surface area is 160 Å². The van der Waals surface area contributed by atoms with Gasteiger partial charge >= 0.3 is 0 Å². The number of hydrogen-bond acceptors (Lipinski definition) is 5. The van der Waals surface area contributed by atoms with Crippen LogP contribution in [0.4, 0.5) is 0 Å². The molecular weight excluding hydrogens is 344 g/mol. The summed E-state index contributed by atoms with van der Waals surface area (Å²) in [6, 6.07) is 2.22. The van der Waals surface area contributed by atoms with Gasteiger partial charge in [-0.25, -0.2) is 0 Å².